The van der Waals surface area contributed by atoms with E-state index in [9.17, 15) is 57.6 Å². The maximum atomic E-state index is 13.2. The molecule has 208 valence electrons. The van der Waals surface area contributed by atoms with Gasteiger partial charge in [0.25, 0.3) is 0 Å². The van der Waals surface area contributed by atoms with E-state index in [4.69, 9.17) is 0 Å². The number of para-hydroxylation sites is 1. The number of carbonyl (C=O) groups is 3. The fraction of sp³-hybridized carbons (Fsp3) is 0.211. The van der Waals surface area contributed by atoms with E-state index >= 15 is 0 Å². The largest absolute Gasteiger partial charge is 0.534 e. The fourth-order valence-corrected chi connectivity index (χ4v) is 3.61. The minimum Gasteiger partial charge on any atom is -0.465 e. The van der Waals surface area contributed by atoms with Gasteiger partial charge < -0.3 is 17.8 Å². The van der Waals surface area contributed by atoms with Crippen LogP contribution in [0.5, 0.6) is 11.5 Å². The third-order valence-electron chi connectivity index (χ3n) is 4.29. The molecule has 0 saturated carbocycles. The summed E-state index contributed by atoms with van der Waals surface area (Å²) >= 11 is 0. The first-order valence-electron chi connectivity index (χ1n) is 9.28. The standard InChI is InChI=1S/C19H12F6O11S2/c1-33-16(27)13-10(7-8-12(14(13)17(28)34-2)36-38(31,32)19(23,24)25)15(26)9-5-3-4-6-11(9)35-37(29,30)18(20,21)22/h3-8H,1-2H3. The molecule has 2 rings (SSSR count). The zero-order valence-electron chi connectivity index (χ0n) is 18.5. The quantitative estimate of drug-likeness (QED) is 0.146. The Bertz CT molecular complexity index is 1490. The molecule has 0 radical (unpaired) electrons. The SMILES string of the molecule is COC(=O)c1c(OS(=O)(=O)C(F)(F)F)ccc(C(=O)c2ccccc2OS(=O)(=O)C(F)(F)F)c1C(=O)OC. The average Bonchev–Trinajstić information content (AvgIpc) is 2.80. The van der Waals surface area contributed by atoms with E-state index < -0.39 is 82.7 Å². The molecule has 2 aromatic carbocycles. The first kappa shape index (κ1) is 30.4. The summed E-state index contributed by atoms with van der Waals surface area (Å²) in [5.41, 5.74) is -16.4. The summed E-state index contributed by atoms with van der Waals surface area (Å²) < 4.78 is 139. The van der Waals surface area contributed by atoms with Gasteiger partial charge in [0.05, 0.1) is 25.3 Å². The van der Waals surface area contributed by atoms with E-state index in [1.54, 1.807) is 0 Å². The highest BCUT2D eigenvalue weighted by Gasteiger charge is 2.50. The number of esters is 2. The number of benzene rings is 2. The Balaban J connectivity index is 2.85. The van der Waals surface area contributed by atoms with Crippen LogP contribution in [0.1, 0.15) is 36.6 Å². The predicted octanol–water partition coefficient (Wildman–Crippen LogP) is 2.95. The smallest absolute Gasteiger partial charge is 0.465 e. The summed E-state index contributed by atoms with van der Waals surface area (Å²) in [6.45, 7) is 0. The van der Waals surface area contributed by atoms with Crippen molar-refractivity contribution in [2.24, 2.45) is 0 Å². The van der Waals surface area contributed by atoms with Crippen LogP contribution in [0.15, 0.2) is 36.4 Å². The van der Waals surface area contributed by atoms with E-state index in [-0.39, 0.29) is 0 Å². The van der Waals surface area contributed by atoms with Gasteiger partial charge in [-0.1, -0.05) is 12.1 Å². The normalized spacial score (nSPS) is 12.4. The summed E-state index contributed by atoms with van der Waals surface area (Å²) in [6.07, 6.45) is 0. The minimum absolute atomic E-state index is 0.338. The third kappa shape index (κ3) is 5.98. The molecular weight excluding hydrogens is 582 g/mol. The summed E-state index contributed by atoms with van der Waals surface area (Å²) in [4.78, 5) is 38.1. The number of ether oxygens (including phenoxy) is 2. The number of methoxy groups -OCH3 is 2. The molecule has 0 heterocycles. The molecule has 0 aliphatic heterocycles. The van der Waals surface area contributed by atoms with Gasteiger partial charge in [0.15, 0.2) is 17.3 Å². The topological polar surface area (TPSA) is 156 Å². The first-order valence-corrected chi connectivity index (χ1v) is 12.1. The highest BCUT2D eigenvalue weighted by Crippen LogP contribution is 2.35. The van der Waals surface area contributed by atoms with Crippen molar-refractivity contribution >= 4 is 38.0 Å². The van der Waals surface area contributed by atoms with Crippen LogP contribution < -0.4 is 8.37 Å². The molecule has 0 saturated heterocycles. The molecule has 0 unspecified atom stereocenters. The zero-order chi connectivity index (χ0) is 29.3. The Labute approximate surface area is 209 Å². The van der Waals surface area contributed by atoms with E-state index in [0.717, 1.165) is 18.2 Å². The number of hydrogen-bond donors (Lipinski definition) is 0. The molecule has 0 aliphatic rings. The predicted molar refractivity (Wildman–Crippen MR) is 110 cm³/mol. The molecule has 0 N–H and O–H groups in total. The van der Waals surface area contributed by atoms with Gasteiger partial charge in [-0.05, 0) is 24.3 Å². The molecule has 19 heteroatoms. The summed E-state index contributed by atoms with van der Waals surface area (Å²) in [5.74, 6) is -7.46. The zero-order valence-corrected chi connectivity index (χ0v) is 20.2. The number of alkyl halides is 6. The van der Waals surface area contributed by atoms with E-state index in [0.29, 0.717) is 32.4 Å². The Morgan fingerprint density at radius 1 is 0.632 bits per heavy atom. The maximum absolute atomic E-state index is 13.2. The second kappa shape index (κ2) is 10.5. The molecule has 0 aromatic heterocycles. The lowest BCUT2D eigenvalue weighted by molar-refractivity contribution is -0.0505. The van der Waals surface area contributed by atoms with Crippen molar-refractivity contribution in [3.8, 4) is 11.5 Å². The van der Waals surface area contributed by atoms with Crippen LogP contribution in [0, 0.1) is 0 Å². The second-order valence-corrected chi connectivity index (χ2v) is 9.71. The van der Waals surface area contributed by atoms with Gasteiger partial charge in [-0.2, -0.15) is 43.2 Å². The Hall–Kier alpha value is -3.87. The lowest BCUT2D eigenvalue weighted by atomic mass is 9.93. The van der Waals surface area contributed by atoms with Crippen LogP contribution in [0.3, 0.4) is 0 Å². The number of hydrogen-bond acceptors (Lipinski definition) is 11. The summed E-state index contributed by atoms with van der Waals surface area (Å²) in [5, 5.41) is 0. The van der Waals surface area contributed by atoms with E-state index in [1.807, 2.05) is 0 Å². The van der Waals surface area contributed by atoms with Crippen molar-refractivity contribution in [3.63, 3.8) is 0 Å². The van der Waals surface area contributed by atoms with Gasteiger partial charge in [-0.3, -0.25) is 4.79 Å². The van der Waals surface area contributed by atoms with Crippen molar-refractivity contribution in [1.82, 2.24) is 0 Å². The fourth-order valence-electron chi connectivity index (χ4n) is 2.66. The molecule has 11 nitrogen and oxygen atoms in total. The number of halogens is 6. The maximum Gasteiger partial charge on any atom is 0.534 e. The number of ketones is 1. The molecular formula is C19H12F6O11S2. The van der Waals surface area contributed by atoms with E-state index in [1.165, 1.54) is 0 Å². The number of rotatable bonds is 8. The van der Waals surface area contributed by atoms with Crippen molar-refractivity contribution in [2.45, 2.75) is 11.0 Å². The number of carbonyl (C=O) groups excluding carboxylic acids is 3. The molecule has 0 aliphatic carbocycles. The minimum atomic E-state index is -6.43. The molecule has 2 aromatic rings. The summed E-state index contributed by atoms with van der Waals surface area (Å²) in [7, 11) is -11.4. The van der Waals surface area contributed by atoms with Crippen molar-refractivity contribution in [1.29, 1.82) is 0 Å². The van der Waals surface area contributed by atoms with Crippen molar-refractivity contribution in [3.05, 3.63) is 58.7 Å². The summed E-state index contributed by atoms with van der Waals surface area (Å²) in [6, 6.07) is 4.19. The van der Waals surface area contributed by atoms with Crippen LogP contribution in [-0.2, 0) is 29.7 Å². The first-order chi connectivity index (χ1) is 17.3. The van der Waals surface area contributed by atoms with Gasteiger partial charge in [-0.15, -0.1) is 0 Å². The van der Waals surface area contributed by atoms with Gasteiger partial charge in [0.2, 0.25) is 0 Å². The molecule has 38 heavy (non-hydrogen) atoms. The highest BCUT2D eigenvalue weighted by atomic mass is 32.2. The van der Waals surface area contributed by atoms with Gasteiger partial charge in [-0.25, -0.2) is 9.59 Å². The van der Waals surface area contributed by atoms with Crippen LogP contribution in [0.4, 0.5) is 26.3 Å². The molecule has 0 fully saturated rings. The average molecular weight is 594 g/mol. The Morgan fingerprint density at radius 2 is 1.08 bits per heavy atom. The third-order valence-corrected chi connectivity index (χ3v) is 6.22. The van der Waals surface area contributed by atoms with Gasteiger partial charge in [0.1, 0.15) is 5.56 Å². The van der Waals surface area contributed by atoms with Gasteiger partial charge >= 0.3 is 43.2 Å². The van der Waals surface area contributed by atoms with Crippen molar-refractivity contribution < 1.29 is 75.4 Å². The second-order valence-electron chi connectivity index (χ2n) is 6.64. The Morgan fingerprint density at radius 3 is 1.55 bits per heavy atom. The van der Waals surface area contributed by atoms with Crippen LogP contribution >= 0.6 is 0 Å². The highest BCUT2D eigenvalue weighted by molar-refractivity contribution is 7.88. The van der Waals surface area contributed by atoms with Crippen LogP contribution in [0.2, 0.25) is 0 Å². The molecule has 0 spiro atoms. The van der Waals surface area contributed by atoms with Crippen LogP contribution in [0.25, 0.3) is 0 Å². The Kier molecular flexibility index (Phi) is 8.37. The lowest BCUT2D eigenvalue weighted by Crippen LogP contribution is -2.29. The van der Waals surface area contributed by atoms with Crippen molar-refractivity contribution in [2.75, 3.05) is 14.2 Å². The molecule has 0 bridgehead atoms. The molecule has 0 amide bonds. The van der Waals surface area contributed by atoms with Crippen LogP contribution in [-0.4, -0.2) is 59.8 Å². The lowest BCUT2D eigenvalue weighted by Gasteiger charge is -2.17. The monoisotopic (exact) mass is 594 g/mol. The van der Waals surface area contributed by atoms with E-state index in [2.05, 4.69) is 17.8 Å². The molecule has 0 atom stereocenters. The van der Waals surface area contributed by atoms with Gasteiger partial charge in [0, 0.05) is 5.56 Å².